The van der Waals surface area contributed by atoms with Crippen LogP contribution < -0.4 is 10.6 Å². The van der Waals surface area contributed by atoms with Crippen molar-refractivity contribution in [3.05, 3.63) is 35.5 Å². The molecule has 0 amide bonds. The van der Waals surface area contributed by atoms with E-state index in [0.717, 1.165) is 52.8 Å². The average molecular weight is 376 g/mol. The van der Waals surface area contributed by atoms with Crippen LogP contribution in [0.25, 0.3) is 10.3 Å². The van der Waals surface area contributed by atoms with Crippen LogP contribution in [-0.4, -0.2) is 32.2 Å². The summed E-state index contributed by atoms with van der Waals surface area (Å²) in [5, 5.41) is 17.5. The lowest BCUT2D eigenvalue weighted by molar-refractivity contribution is 0.126. The van der Waals surface area contributed by atoms with Crippen LogP contribution in [-0.2, 0) is 0 Å². The molecular weight excluding hydrogens is 358 g/mol. The van der Waals surface area contributed by atoms with Crippen molar-refractivity contribution in [2.24, 2.45) is 0 Å². The summed E-state index contributed by atoms with van der Waals surface area (Å²) >= 11 is 7.36. The molecule has 0 bridgehead atoms. The molecule has 6 nitrogen and oxygen atoms in total. The normalized spacial score (nSPS) is 20.6. The Bertz CT molecular complexity index is 878. The Morgan fingerprint density at radius 1 is 1.00 bits per heavy atom. The van der Waals surface area contributed by atoms with Gasteiger partial charge in [0.15, 0.2) is 5.13 Å². The number of nitrogens with one attached hydrogen (secondary N) is 2. The zero-order chi connectivity index (χ0) is 17.2. The quantitative estimate of drug-likeness (QED) is 0.593. The maximum absolute atomic E-state index is 9.61. The number of thiazole rings is 1. The van der Waals surface area contributed by atoms with E-state index in [-0.39, 0.29) is 6.10 Å². The van der Waals surface area contributed by atoms with E-state index in [1.807, 2.05) is 24.3 Å². The molecule has 130 valence electrons. The third-order valence-electron chi connectivity index (χ3n) is 4.25. The number of aliphatic hydroxyl groups excluding tert-OH is 1. The summed E-state index contributed by atoms with van der Waals surface area (Å²) < 4.78 is 0. The second-order valence-corrected chi connectivity index (χ2v) is 7.52. The van der Waals surface area contributed by atoms with Crippen LogP contribution in [0.5, 0.6) is 0 Å². The molecule has 0 radical (unpaired) electrons. The Balaban J connectivity index is 1.47. The number of anilines is 3. The van der Waals surface area contributed by atoms with Gasteiger partial charge in [0.2, 0.25) is 0 Å². The predicted octanol–water partition coefficient (Wildman–Crippen LogP) is 4.20. The highest BCUT2D eigenvalue weighted by atomic mass is 35.5. The van der Waals surface area contributed by atoms with Gasteiger partial charge in [-0.1, -0.05) is 29.0 Å². The molecule has 3 aromatic heterocycles. The summed E-state index contributed by atoms with van der Waals surface area (Å²) in [5.41, 5.74) is 0.812. The fourth-order valence-corrected chi connectivity index (χ4v) is 4.01. The standard InChI is InChI=1S/C17H18ClN5OS/c18-13-9-8-12-16(21-13)25-17(20-12)23-15-3-1-2-14(22-15)19-10-4-6-11(24)7-5-10/h1-3,8-11,24H,4-7H2,(H2,19,20,22,23)/t10-,11-. The molecule has 25 heavy (non-hydrogen) atoms. The monoisotopic (exact) mass is 375 g/mol. The molecule has 1 aliphatic rings. The number of hydrogen-bond acceptors (Lipinski definition) is 7. The molecule has 0 aliphatic heterocycles. The van der Waals surface area contributed by atoms with Gasteiger partial charge in [-0.15, -0.1) is 0 Å². The van der Waals surface area contributed by atoms with E-state index < -0.39 is 0 Å². The predicted molar refractivity (Wildman–Crippen MR) is 102 cm³/mol. The number of halogens is 1. The van der Waals surface area contributed by atoms with Crippen LogP contribution in [0.3, 0.4) is 0 Å². The van der Waals surface area contributed by atoms with Gasteiger partial charge in [-0.2, -0.15) is 0 Å². The smallest absolute Gasteiger partial charge is 0.190 e. The molecule has 1 saturated carbocycles. The van der Waals surface area contributed by atoms with E-state index >= 15 is 0 Å². The largest absolute Gasteiger partial charge is 0.393 e. The molecule has 0 spiro atoms. The van der Waals surface area contributed by atoms with Crippen molar-refractivity contribution >= 4 is 50.1 Å². The Morgan fingerprint density at radius 3 is 2.64 bits per heavy atom. The maximum Gasteiger partial charge on any atom is 0.190 e. The molecule has 0 aromatic carbocycles. The molecule has 0 saturated heterocycles. The third-order valence-corrected chi connectivity index (χ3v) is 5.35. The topological polar surface area (TPSA) is 83.0 Å². The van der Waals surface area contributed by atoms with Crippen LogP contribution in [0.1, 0.15) is 25.7 Å². The van der Waals surface area contributed by atoms with Gasteiger partial charge < -0.3 is 15.7 Å². The summed E-state index contributed by atoms with van der Waals surface area (Å²) in [6, 6.07) is 9.77. The summed E-state index contributed by atoms with van der Waals surface area (Å²) in [7, 11) is 0. The van der Waals surface area contributed by atoms with Gasteiger partial charge in [-0.05, 0) is 49.9 Å². The zero-order valence-corrected chi connectivity index (χ0v) is 15.0. The van der Waals surface area contributed by atoms with Gasteiger partial charge in [0.25, 0.3) is 0 Å². The van der Waals surface area contributed by atoms with Gasteiger partial charge in [-0.25, -0.2) is 15.0 Å². The van der Waals surface area contributed by atoms with Crippen molar-refractivity contribution in [3.8, 4) is 0 Å². The summed E-state index contributed by atoms with van der Waals surface area (Å²) in [6.07, 6.45) is 3.46. The Kier molecular flexibility index (Phi) is 4.70. The molecule has 1 fully saturated rings. The Hall–Kier alpha value is -1.96. The summed E-state index contributed by atoms with van der Waals surface area (Å²) in [4.78, 5) is 14.2. The van der Waals surface area contributed by atoms with Crippen LogP contribution in [0, 0.1) is 0 Å². The molecule has 0 atom stereocenters. The lowest BCUT2D eigenvalue weighted by Crippen LogP contribution is -2.28. The molecule has 3 aromatic rings. The maximum atomic E-state index is 9.61. The van der Waals surface area contributed by atoms with Crippen LogP contribution in [0.4, 0.5) is 16.8 Å². The average Bonchev–Trinajstić information content (AvgIpc) is 2.98. The number of fused-ring (bicyclic) bond motifs is 1. The lowest BCUT2D eigenvalue weighted by atomic mass is 9.93. The molecule has 4 rings (SSSR count). The highest BCUT2D eigenvalue weighted by Gasteiger charge is 2.19. The minimum Gasteiger partial charge on any atom is -0.393 e. The fourth-order valence-electron chi connectivity index (χ4n) is 2.97. The first-order chi connectivity index (χ1) is 12.2. The second-order valence-electron chi connectivity index (χ2n) is 6.16. The highest BCUT2D eigenvalue weighted by Crippen LogP contribution is 2.28. The van der Waals surface area contributed by atoms with Crippen molar-refractivity contribution in [2.75, 3.05) is 10.6 Å². The van der Waals surface area contributed by atoms with Gasteiger partial charge in [0.1, 0.15) is 27.1 Å². The Labute approximate surface area is 154 Å². The number of rotatable bonds is 4. The first-order valence-electron chi connectivity index (χ1n) is 8.27. The summed E-state index contributed by atoms with van der Waals surface area (Å²) in [6.45, 7) is 0. The molecule has 3 heterocycles. The second kappa shape index (κ2) is 7.11. The summed E-state index contributed by atoms with van der Waals surface area (Å²) in [5.74, 6) is 1.56. The van der Waals surface area contributed by atoms with Crippen molar-refractivity contribution in [1.29, 1.82) is 0 Å². The van der Waals surface area contributed by atoms with Gasteiger partial charge in [0, 0.05) is 6.04 Å². The van der Waals surface area contributed by atoms with E-state index in [4.69, 9.17) is 11.6 Å². The molecule has 8 heteroatoms. The van der Waals surface area contributed by atoms with E-state index in [1.54, 1.807) is 6.07 Å². The number of aromatic nitrogens is 3. The van der Waals surface area contributed by atoms with Crippen LogP contribution in [0.15, 0.2) is 30.3 Å². The van der Waals surface area contributed by atoms with Crippen molar-refractivity contribution in [2.45, 2.75) is 37.8 Å². The van der Waals surface area contributed by atoms with E-state index in [9.17, 15) is 5.11 Å². The van der Waals surface area contributed by atoms with Gasteiger partial charge in [-0.3, -0.25) is 0 Å². The van der Waals surface area contributed by atoms with Crippen LogP contribution in [0.2, 0.25) is 5.15 Å². The van der Waals surface area contributed by atoms with Crippen LogP contribution >= 0.6 is 22.9 Å². The molecule has 3 N–H and O–H groups in total. The van der Waals surface area contributed by atoms with Crippen molar-refractivity contribution in [3.63, 3.8) is 0 Å². The highest BCUT2D eigenvalue weighted by molar-refractivity contribution is 7.21. The fraction of sp³-hybridized carbons (Fsp3) is 0.353. The molecular formula is C17H18ClN5OS. The van der Waals surface area contributed by atoms with Gasteiger partial charge >= 0.3 is 0 Å². The molecule has 1 aliphatic carbocycles. The van der Waals surface area contributed by atoms with E-state index in [1.165, 1.54) is 11.3 Å². The Morgan fingerprint density at radius 2 is 1.80 bits per heavy atom. The molecule has 0 unspecified atom stereocenters. The minimum absolute atomic E-state index is 0.153. The lowest BCUT2D eigenvalue weighted by Gasteiger charge is -2.26. The zero-order valence-electron chi connectivity index (χ0n) is 13.4. The first-order valence-corrected chi connectivity index (χ1v) is 9.47. The first kappa shape index (κ1) is 16.5. The van der Waals surface area contributed by atoms with Crippen molar-refractivity contribution in [1.82, 2.24) is 15.0 Å². The number of hydrogen-bond donors (Lipinski definition) is 3. The minimum atomic E-state index is -0.153. The third kappa shape index (κ3) is 4.00. The van der Waals surface area contributed by atoms with Crippen molar-refractivity contribution < 1.29 is 5.11 Å². The van der Waals surface area contributed by atoms with E-state index in [2.05, 4.69) is 25.6 Å². The van der Waals surface area contributed by atoms with Gasteiger partial charge in [0.05, 0.1) is 6.10 Å². The van der Waals surface area contributed by atoms with E-state index in [0.29, 0.717) is 11.2 Å². The number of aliphatic hydroxyl groups is 1. The number of nitrogens with zero attached hydrogens (tertiary/aromatic N) is 3. The number of pyridine rings is 2. The SMILES string of the molecule is O[C@H]1CC[C@H](Nc2cccc(Nc3nc4ccc(Cl)nc4s3)n2)CC1.